The second kappa shape index (κ2) is 5.09. The molecule has 7 heteroatoms. The lowest BCUT2D eigenvalue weighted by atomic mass is 10.2. The number of carbonyl (C=O) groups excluding carboxylic acids is 1. The van der Waals surface area contributed by atoms with E-state index in [1.54, 1.807) is 0 Å². The van der Waals surface area contributed by atoms with Crippen molar-refractivity contribution in [1.29, 1.82) is 0 Å². The minimum atomic E-state index is -4.73. The van der Waals surface area contributed by atoms with Crippen LogP contribution in [0.5, 0.6) is 5.75 Å². The van der Waals surface area contributed by atoms with Gasteiger partial charge >= 0.3 is 6.36 Å². The molecule has 0 aliphatic heterocycles. The third-order valence-corrected chi connectivity index (χ3v) is 1.94. The molecule has 0 bridgehead atoms. The maximum atomic E-state index is 11.8. The van der Waals surface area contributed by atoms with Gasteiger partial charge in [-0.2, -0.15) is 0 Å². The summed E-state index contributed by atoms with van der Waals surface area (Å²) in [5, 5.41) is -0.213. The highest BCUT2D eigenvalue weighted by molar-refractivity contribution is 6.43. The zero-order valence-electron chi connectivity index (χ0n) is 8.29. The number of alkyl halides is 3. The van der Waals surface area contributed by atoms with E-state index in [4.69, 9.17) is 17.3 Å². The van der Waals surface area contributed by atoms with Crippen LogP contribution in [0.4, 0.5) is 13.2 Å². The van der Waals surface area contributed by atoms with Gasteiger partial charge in [-0.25, -0.2) is 0 Å². The van der Waals surface area contributed by atoms with Crippen molar-refractivity contribution < 1.29 is 22.7 Å². The van der Waals surface area contributed by atoms with Crippen molar-refractivity contribution in [2.24, 2.45) is 5.73 Å². The molecule has 0 saturated heterocycles. The van der Waals surface area contributed by atoms with Crippen molar-refractivity contribution in [3.05, 3.63) is 34.9 Å². The van der Waals surface area contributed by atoms with Crippen LogP contribution in [-0.2, 0) is 4.79 Å². The molecule has 1 aromatic carbocycles. The molecule has 0 aromatic heterocycles. The van der Waals surface area contributed by atoms with Crippen molar-refractivity contribution in [2.75, 3.05) is 0 Å². The SMILES string of the molecule is NC(=O)/C(Cl)=C/c1ccc(OC(F)(F)F)cc1. The average Bonchev–Trinajstić information content (AvgIpc) is 2.18. The first-order valence-corrected chi connectivity index (χ1v) is 4.68. The maximum absolute atomic E-state index is 11.8. The van der Waals surface area contributed by atoms with Gasteiger partial charge in [0.2, 0.25) is 0 Å². The predicted octanol–water partition coefficient (Wildman–Crippen LogP) is 2.65. The highest BCUT2D eigenvalue weighted by Crippen LogP contribution is 2.23. The fraction of sp³-hybridized carbons (Fsp3) is 0.100. The third kappa shape index (κ3) is 4.78. The van der Waals surface area contributed by atoms with Crippen LogP contribution in [0.2, 0.25) is 0 Å². The largest absolute Gasteiger partial charge is 0.573 e. The number of halogens is 4. The molecule has 0 atom stereocenters. The molecule has 0 unspecified atom stereocenters. The van der Waals surface area contributed by atoms with Crippen molar-refractivity contribution >= 4 is 23.6 Å². The zero-order valence-corrected chi connectivity index (χ0v) is 9.05. The van der Waals surface area contributed by atoms with E-state index >= 15 is 0 Å². The molecule has 2 N–H and O–H groups in total. The number of rotatable bonds is 3. The van der Waals surface area contributed by atoms with Crippen molar-refractivity contribution in [1.82, 2.24) is 0 Å². The summed E-state index contributed by atoms with van der Waals surface area (Å²) in [4.78, 5) is 10.6. The minimum Gasteiger partial charge on any atom is -0.406 e. The highest BCUT2D eigenvalue weighted by Gasteiger charge is 2.30. The number of carbonyl (C=O) groups is 1. The quantitative estimate of drug-likeness (QED) is 0.854. The lowest BCUT2D eigenvalue weighted by Crippen LogP contribution is -2.16. The number of hydrogen-bond donors (Lipinski definition) is 1. The lowest BCUT2D eigenvalue weighted by molar-refractivity contribution is -0.274. The molecular weight excluding hydrogens is 259 g/mol. The summed E-state index contributed by atoms with van der Waals surface area (Å²) in [6, 6.07) is 4.83. The summed E-state index contributed by atoms with van der Waals surface area (Å²) in [5.41, 5.74) is 5.32. The molecule has 0 fully saturated rings. The van der Waals surface area contributed by atoms with E-state index in [0.29, 0.717) is 5.56 Å². The summed E-state index contributed by atoms with van der Waals surface area (Å²) < 4.78 is 39.2. The van der Waals surface area contributed by atoms with E-state index in [0.717, 1.165) is 12.1 Å². The predicted molar refractivity (Wildman–Crippen MR) is 56.1 cm³/mol. The second-order valence-electron chi connectivity index (χ2n) is 2.97. The smallest absolute Gasteiger partial charge is 0.406 e. The molecule has 0 heterocycles. The van der Waals surface area contributed by atoms with E-state index in [1.165, 1.54) is 18.2 Å². The van der Waals surface area contributed by atoms with Gasteiger partial charge in [0.25, 0.3) is 5.91 Å². The third-order valence-electron chi connectivity index (χ3n) is 1.64. The fourth-order valence-corrected chi connectivity index (χ4v) is 1.11. The van der Waals surface area contributed by atoms with Crippen LogP contribution in [0, 0.1) is 0 Å². The number of nitrogens with two attached hydrogens (primary N) is 1. The summed E-state index contributed by atoms with van der Waals surface area (Å²) in [7, 11) is 0. The molecule has 3 nitrogen and oxygen atoms in total. The number of primary amides is 1. The molecule has 92 valence electrons. The van der Waals surface area contributed by atoms with E-state index in [1.807, 2.05) is 0 Å². The first-order valence-electron chi connectivity index (χ1n) is 4.31. The van der Waals surface area contributed by atoms with E-state index in [-0.39, 0.29) is 10.8 Å². The molecule has 0 spiro atoms. The molecule has 0 aliphatic carbocycles. The normalized spacial score (nSPS) is 12.4. The summed E-state index contributed by atoms with van der Waals surface area (Å²) in [5.74, 6) is -1.17. The Balaban J connectivity index is 2.82. The Kier molecular flexibility index (Phi) is 4.01. The molecule has 0 aliphatic rings. The Morgan fingerprint density at radius 2 is 1.82 bits per heavy atom. The van der Waals surface area contributed by atoms with Gasteiger partial charge in [0, 0.05) is 0 Å². The standard InChI is InChI=1S/C10H7ClF3NO2/c11-8(9(15)16)5-6-1-3-7(4-2-6)17-10(12,13)14/h1-5H,(H2,15,16)/b8-5-. The average molecular weight is 266 g/mol. The van der Waals surface area contributed by atoms with Crippen LogP contribution in [0.3, 0.4) is 0 Å². The van der Waals surface area contributed by atoms with E-state index in [9.17, 15) is 18.0 Å². The maximum Gasteiger partial charge on any atom is 0.573 e. The lowest BCUT2D eigenvalue weighted by Gasteiger charge is -2.08. The Morgan fingerprint density at radius 3 is 2.24 bits per heavy atom. The van der Waals surface area contributed by atoms with Crippen LogP contribution in [0.1, 0.15) is 5.56 Å². The van der Waals surface area contributed by atoms with Crippen molar-refractivity contribution in [3.8, 4) is 5.75 Å². The molecule has 1 rings (SSSR count). The van der Waals surface area contributed by atoms with Crippen LogP contribution >= 0.6 is 11.6 Å². The summed E-state index contributed by atoms with van der Waals surface area (Å²) >= 11 is 5.47. The summed E-state index contributed by atoms with van der Waals surface area (Å²) in [6.07, 6.45) is -3.50. The number of hydrogen-bond acceptors (Lipinski definition) is 2. The van der Waals surface area contributed by atoms with Crippen LogP contribution in [0.15, 0.2) is 29.3 Å². The molecule has 0 radical (unpaired) electrons. The topological polar surface area (TPSA) is 52.3 Å². The first-order chi connectivity index (χ1) is 7.78. The van der Waals surface area contributed by atoms with Crippen LogP contribution in [-0.4, -0.2) is 12.3 Å². The van der Waals surface area contributed by atoms with Crippen LogP contribution in [0.25, 0.3) is 6.08 Å². The number of ether oxygens (including phenoxy) is 1. The molecular formula is C10H7ClF3NO2. The van der Waals surface area contributed by atoms with Gasteiger partial charge in [0.1, 0.15) is 10.8 Å². The molecule has 0 saturated carbocycles. The molecule has 17 heavy (non-hydrogen) atoms. The highest BCUT2D eigenvalue weighted by atomic mass is 35.5. The van der Waals surface area contributed by atoms with Crippen LogP contribution < -0.4 is 10.5 Å². The van der Waals surface area contributed by atoms with Crippen molar-refractivity contribution in [2.45, 2.75) is 6.36 Å². The Labute approximate surface area is 99.6 Å². The monoisotopic (exact) mass is 265 g/mol. The number of benzene rings is 1. The molecule has 1 aromatic rings. The van der Waals surface area contributed by atoms with Crippen molar-refractivity contribution in [3.63, 3.8) is 0 Å². The minimum absolute atomic E-state index is 0.213. The first kappa shape index (κ1) is 13.4. The fourth-order valence-electron chi connectivity index (χ4n) is 0.983. The van der Waals surface area contributed by atoms with Gasteiger partial charge in [-0.1, -0.05) is 23.7 Å². The van der Waals surface area contributed by atoms with E-state index < -0.39 is 12.3 Å². The Bertz CT molecular complexity index is 440. The van der Waals surface area contributed by atoms with Gasteiger partial charge in [0.05, 0.1) is 0 Å². The zero-order chi connectivity index (χ0) is 13.1. The van der Waals surface area contributed by atoms with Gasteiger partial charge in [-0.3, -0.25) is 4.79 Å². The van der Waals surface area contributed by atoms with E-state index in [2.05, 4.69) is 4.74 Å². The van der Waals surface area contributed by atoms with Gasteiger partial charge < -0.3 is 10.5 Å². The molecule has 1 amide bonds. The second-order valence-corrected chi connectivity index (χ2v) is 3.38. The van der Waals surface area contributed by atoms with Gasteiger partial charge in [0.15, 0.2) is 0 Å². The van der Waals surface area contributed by atoms with Gasteiger partial charge in [-0.15, -0.1) is 13.2 Å². The van der Waals surface area contributed by atoms with Gasteiger partial charge in [-0.05, 0) is 23.8 Å². The number of amides is 1. The Morgan fingerprint density at radius 1 is 1.29 bits per heavy atom. The Hall–Kier alpha value is -1.69. The summed E-state index contributed by atoms with van der Waals surface area (Å²) in [6.45, 7) is 0.